The molecule has 1 rings (SSSR count). The van der Waals surface area contributed by atoms with E-state index in [1.165, 1.54) is 141 Å². The number of Topliss-reactive ketones (excluding diaryl/α,β-unsaturated/α-hetero) is 1. The minimum absolute atomic E-state index is 0.336. The Morgan fingerprint density at radius 3 is 1.39 bits per heavy atom. The number of hydrogen-bond donors (Lipinski definition) is 0. The average Bonchev–Trinajstić information content (AvgIpc) is 3.11. The van der Waals surface area contributed by atoms with E-state index in [1.807, 2.05) is 0 Å². The highest BCUT2D eigenvalue weighted by atomic mass is 16.1. The van der Waals surface area contributed by atoms with Gasteiger partial charge in [-0.05, 0) is 110 Å². The smallest absolute Gasteiger partial charge is 0.136 e. The van der Waals surface area contributed by atoms with Crippen LogP contribution in [0, 0.1) is 11.8 Å². The van der Waals surface area contributed by atoms with Crippen LogP contribution in [0.3, 0.4) is 0 Å². The Kier molecular flexibility index (Phi) is 32.2. The molecule has 0 N–H and O–H groups in total. The predicted octanol–water partition coefficient (Wildman–Crippen LogP) is 14.9. The van der Waals surface area contributed by atoms with Gasteiger partial charge in [-0.15, -0.1) is 0 Å². The molecule has 2 nitrogen and oxygen atoms in total. The number of nitrogens with zero attached hydrogens (tertiary/aromatic N) is 1. The van der Waals surface area contributed by atoms with Crippen LogP contribution in [0.2, 0.25) is 0 Å². The third-order valence-corrected chi connectivity index (χ3v) is 10.7. The number of unbranched alkanes of at least 4 members (excludes halogenated alkanes) is 15. The fourth-order valence-corrected chi connectivity index (χ4v) is 7.36. The van der Waals surface area contributed by atoms with Crippen LogP contribution in [0.25, 0.3) is 0 Å². The Bertz CT molecular complexity index is 869. The maximum absolute atomic E-state index is 13.4. The van der Waals surface area contributed by atoms with Crippen LogP contribution in [0.4, 0.5) is 0 Å². The average molecular weight is 678 g/mol. The highest BCUT2D eigenvalue weighted by Gasteiger charge is 2.28. The van der Waals surface area contributed by atoms with Gasteiger partial charge in [-0.2, -0.15) is 0 Å². The first kappa shape index (κ1) is 45.4. The molecule has 0 radical (unpaired) electrons. The molecule has 0 aromatic rings. The van der Waals surface area contributed by atoms with Crippen molar-refractivity contribution in [1.29, 1.82) is 0 Å². The van der Waals surface area contributed by atoms with Crippen molar-refractivity contribution >= 4 is 5.78 Å². The molecular formula is C47H83NO. The van der Waals surface area contributed by atoms with Crippen molar-refractivity contribution in [3.05, 3.63) is 60.8 Å². The van der Waals surface area contributed by atoms with Crippen molar-refractivity contribution in [3.8, 4) is 0 Å². The molecular weight excluding hydrogens is 595 g/mol. The molecule has 0 aromatic heterocycles. The van der Waals surface area contributed by atoms with E-state index < -0.39 is 0 Å². The van der Waals surface area contributed by atoms with Gasteiger partial charge < -0.3 is 4.90 Å². The molecule has 0 amide bonds. The molecule has 2 heteroatoms. The van der Waals surface area contributed by atoms with E-state index in [4.69, 9.17) is 0 Å². The monoisotopic (exact) mass is 678 g/mol. The van der Waals surface area contributed by atoms with Crippen molar-refractivity contribution < 1.29 is 4.79 Å². The maximum atomic E-state index is 13.4. The summed E-state index contributed by atoms with van der Waals surface area (Å²) in [6.45, 7) is 4.45. The SMILES string of the molecule is CCC=CCC=CCC=CCCCCCCCCC(CCCCCCCCC=CCC=CCCCCC)CC(=O)C1CCC(N(C)C)CC1. The highest BCUT2D eigenvalue weighted by Crippen LogP contribution is 2.31. The zero-order valence-electron chi connectivity index (χ0n) is 33.4. The first-order chi connectivity index (χ1) is 24.1. The van der Waals surface area contributed by atoms with Crippen LogP contribution in [0.15, 0.2) is 60.8 Å². The van der Waals surface area contributed by atoms with Gasteiger partial charge in [0, 0.05) is 18.4 Å². The molecule has 0 aromatic carbocycles. The lowest BCUT2D eigenvalue weighted by molar-refractivity contribution is -0.125. The zero-order valence-corrected chi connectivity index (χ0v) is 33.4. The molecule has 0 aliphatic heterocycles. The van der Waals surface area contributed by atoms with Crippen molar-refractivity contribution in [2.45, 2.75) is 206 Å². The second-order valence-electron chi connectivity index (χ2n) is 15.4. The second-order valence-corrected chi connectivity index (χ2v) is 15.4. The van der Waals surface area contributed by atoms with Gasteiger partial charge >= 0.3 is 0 Å². The van der Waals surface area contributed by atoms with Crippen LogP contribution in [0.5, 0.6) is 0 Å². The minimum Gasteiger partial charge on any atom is -0.306 e. The third kappa shape index (κ3) is 28.7. The first-order valence-corrected chi connectivity index (χ1v) is 21.5. The zero-order chi connectivity index (χ0) is 35.5. The summed E-state index contributed by atoms with van der Waals surface area (Å²) in [5, 5.41) is 0. The highest BCUT2D eigenvalue weighted by molar-refractivity contribution is 5.81. The summed E-state index contributed by atoms with van der Waals surface area (Å²) in [6, 6.07) is 0.675. The normalized spacial score (nSPS) is 18.1. The number of ketones is 1. The first-order valence-electron chi connectivity index (χ1n) is 21.5. The van der Waals surface area contributed by atoms with E-state index in [0.29, 0.717) is 23.7 Å². The molecule has 1 unspecified atom stereocenters. The van der Waals surface area contributed by atoms with Gasteiger partial charge in [0.1, 0.15) is 5.78 Å². The maximum Gasteiger partial charge on any atom is 0.136 e. The van der Waals surface area contributed by atoms with Crippen molar-refractivity contribution in [2.75, 3.05) is 14.1 Å². The molecule has 282 valence electrons. The summed E-state index contributed by atoms with van der Waals surface area (Å²) in [5.74, 6) is 1.55. The minimum atomic E-state index is 0.336. The summed E-state index contributed by atoms with van der Waals surface area (Å²) in [5.41, 5.74) is 0. The quantitative estimate of drug-likeness (QED) is 0.0509. The van der Waals surface area contributed by atoms with E-state index >= 15 is 0 Å². The molecule has 1 atom stereocenters. The molecule has 1 saturated carbocycles. The van der Waals surface area contributed by atoms with Crippen molar-refractivity contribution in [3.63, 3.8) is 0 Å². The second kappa shape index (κ2) is 34.8. The van der Waals surface area contributed by atoms with Gasteiger partial charge in [-0.1, -0.05) is 164 Å². The van der Waals surface area contributed by atoms with E-state index in [9.17, 15) is 4.79 Å². The predicted molar refractivity (Wildman–Crippen MR) is 220 cm³/mol. The molecule has 1 aliphatic rings. The summed E-state index contributed by atoms with van der Waals surface area (Å²) in [4.78, 5) is 15.8. The van der Waals surface area contributed by atoms with Gasteiger partial charge in [0.2, 0.25) is 0 Å². The fourth-order valence-electron chi connectivity index (χ4n) is 7.36. The topological polar surface area (TPSA) is 20.3 Å². The molecule has 0 heterocycles. The van der Waals surface area contributed by atoms with Crippen LogP contribution >= 0.6 is 0 Å². The standard InChI is InChI=1S/C47H83NO/c1-5-7-9-11-13-15-17-19-21-23-25-27-29-31-33-35-37-44(43-47(49)45-39-41-46(42-40-45)48(3)4)38-36-34-32-30-28-26-24-22-20-18-16-14-12-10-8-6-2/h7,9,13-16,19-22,44-46H,5-6,8,10-12,17-18,23-43H2,1-4H3. The lowest BCUT2D eigenvalue weighted by Crippen LogP contribution is -2.34. The summed E-state index contributed by atoms with van der Waals surface area (Å²) < 4.78 is 0. The van der Waals surface area contributed by atoms with E-state index in [-0.39, 0.29) is 0 Å². The molecule has 1 aliphatic carbocycles. The lowest BCUT2D eigenvalue weighted by Gasteiger charge is -2.32. The molecule has 49 heavy (non-hydrogen) atoms. The summed E-state index contributed by atoms with van der Waals surface area (Å²) in [6.07, 6.45) is 59.3. The number of allylic oxidation sites excluding steroid dienone is 10. The number of rotatable bonds is 33. The van der Waals surface area contributed by atoms with Gasteiger partial charge in [0.05, 0.1) is 0 Å². The third-order valence-electron chi connectivity index (χ3n) is 10.7. The number of carbonyl (C=O) groups is 1. The van der Waals surface area contributed by atoms with E-state index in [2.05, 4.69) is 93.6 Å². The Morgan fingerprint density at radius 1 is 0.531 bits per heavy atom. The van der Waals surface area contributed by atoms with Crippen molar-refractivity contribution in [2.24, 2.45) is 11.8 Å². The van der Waals surface area contributed by atoms with Crippen LogP contribution in [-0.2, 0) is 4.79 Å². The van der Waals surface area contributed by atoms with Gasteiger partial charge in [-0.25, -0.2) is 0 Å². The Hall–Kier alpha value is -1.67. The number of hydrogen-bond acceptors (Lipinski definition) is 2. The Labute approximate surface area is 307 Å². The summed E-state index contributed by atoms with van der Waals surface area (Å²) in [7, 11) is 4.39. The fraction of sp³-hybridized carbons (Fsp3) is 0.766. The Morgan fingerprint density at radius 2 is 0.939 bits per heavy atom. The summed E-state index contributed by atoms with van der Waals surface area (Å²) >= 11 is 0. The Balaban J connectivity index is 2.24. The molecule has 0 bridgehead atoms. The van der Waals surface area contributed by atoms with E-state index in [1.54, 1.807) is 0 Å². The van der Waals surface area contributed by atoms with Gasteiger partial charge in [-0.3, -0.25) is 4.79 Å². The largest absolute Gasteiger partial charge is 0.306 e. The molecule has 0 saturated heterocycles. The van der Waals surface area contributed by atoms with Crippen LogP contribution < -0.4 is 0 Å². The van der Waals surface area contributed by atoms with Crippen LogP contribution in [-0.4, -0.2) is 30.8 Å². The molecule has 0 spiro atoms. The lowest BCUT2D eigenvalue weighted by atomic mass is 9.79. The van der Waals surface area contributed by atoms with Crippen molar-refractivity contribution in [1.82, 2.24) is 4.90 Å². The number of carbonyl (C=O) groups excluding carboxylic acids is 1. The van der Waals surface area contributed by atoms with Crippen LogP contribution in [0.1, 0.15) is 200 Å². The molecule has 1 fully saturated rings. The van der Waals surface area contributed by atoms with Gasteiger partial charge in [0.15, 0.2) is 0 Å². The van der Waals surface area contributed by atoms with Gasteiger partial charge in [0.25, 0.3) is 0 Å². The van der Waals surface area contributed by atoms with E-state index in [0.717, 1.165) is 44.9 Å².